The van der Waals surface area contributed by atoms with Gasteiger partial charge in [0.2, 0.25) is 5.91 Å². The molecule has 5 aliphatic carbocycles. The maximum absolute atomic E-state index is 12.7. The van der Waals surface area contributed by atoms with E-state index >= 15 is 0 Å². The standard InChI is InChI=1S/C17H28N2O/c20-16(19-5-1-4-18-15-2-3-15)17-9-12-6-13(10-17)8-14(7-12)11-17/h12-15,18H,1-11H2,(H,19,20). The van der Waals surface area contributed by atoms with E-state index in [9.17, 15) is 4.79 Å². The maximum Gasteiger partial charge on any atom is 0.226 e. The zero-order valence-corrected chi connectivity index (χ0v) is 12.5. The van der Waals surface area contributed by atoms with E-state index in [1.54, 1.807) is 0 Å². The van der Waals surface area contributed by atoms with Crippen molar-refractivity contribution >= 4 is 5.91 Å². The molecule has 112 valence electrons. The van der Waals surface area contributed by atoms with Crippen molar-refractivity contribution in [2.45, 2.75) is 63.8 Å². The first-order valence-electron chi connectivity index (χ1n) is 8.75. The van der Waals surface area contributed by atoms with E-state index in [0.29, 0.717) is 5.91 Å². The summed E-state index contributed by atoms with van der Waals surface area (Å²) < 4.78 is 0. The minimum absolute atomic E-state index is 0.0403. The second-order valence-electron chi connectivity index (χ2n) is 8.04. The van der Waals surface area contributed by atoms with Crippen LogP contribution in [-0.4, -0.2) is 25.0 Å². The van der Waals surface area contributed by atoms with E-state index in [1.165, 1.54) is 51.4 Å². The zero-order valence-electron chi connectivity index (χ0n) is 12.5. The lowest BCUT2D eigenvalue weighted by molar-refractivity contribution is -0.146. The van der Waals surface area contributed by atoms with E-state index < -0.39 is 0 Å². The van der Waals surface area contributed by atoms with Gasteiger partial charge in [-0.05, 0) is 82.1 Å². The summed E-state index contributed by atoms with van der Waals surface area (Å²) in [5.74, 6) is 2.98. The second kappa shape index (κ2) is 5.01. The third kappa shape index (κ3) is 2.49. The average Bonchev–Trinajstić information content (AvgIpc) is 3.20. The molecule has 0 spiro atoms. The van der Waals surface area contributed by atoms with Gasteiger partial charge in [0.05, 0.1) is 0 Å². The quantitative estimate of drug-likeness (QED) is 0.732. The van der Waals surface area contributed by atoms with Crippen LogP contribution in [0.3, 0.4) is 0 Å². The van der Waals surface area contributed by atoms with Crippen LogP contribution in [0.15, 0.2) is 0 Å². The van der Waals surface area contributed by atoms with Gasteiger partial charge in [-0.15, -0.1) is 0 Å². The van der Waals surface area contributed by atoms with Crippen molar-refractivity contribution in [1.29, 1.82) is 0 Å². The fourth-order valence-corrected chi connectivity index (χ4v) is 5.46. The normalized spacial score (nSPS) is 41.9. The van der Waals surface area contributed by atoms with E-state index in [-0.39, 0.29) is 5.41 Å². The van der Waals surface area contributed by atoms with E-state index in [4.69, 9.17) is 0 Å². The molecular formula is C17H28N2O. The largest absolute Gasteiger partial charge is 0.356 e. The molecule has 0 radical (unpaired) electrons. The van der Waals surface area contributed by atoms with Crippen LogP contribution in [-0.2, 0) is 4.79 Å². The van der Waals surface area contributed by atoms with Crippen molar-refractivity contribution in [3.8, 4) is 0 Å². The molecule has 2 N–H and O–H groups in total. The first-order valence-corrected chi connectivity index (χ1v) is 8.75. The van der Waals surface area contributed by atoms with Crippen molar-refractivity contribution in [1.82, 2.24) is 10.6 Å². The molecule has 1 amide bonds. The Morgan fingerprint density at radius 3 is 2.10 bits per heavy atom. The molecule has 5 saturated carbocycles. The summed E-state index contributed by atoms with van der Waals surface area (Å²) in [6.45, 7) is 1.92. The molecule has 0 saturated heterocycles. The Morgan fingerprint density at radius 1 is 0.950 bits per heavy atom. The number of nitrogens with one attached hydrogen (secondary N) is 2. The third-order valence-corrected chi connectivity index (χ3v) is 6.17. The lowest BCUT2D eigenvalue weighted by Gasteiger charge is -2.55. The second-order valence-corrected chi connectivity index (χ2v) is 8.04. The van der Waals surface area contributed by atoms with Gasteiger partial charge < -0.3 is 10.6 Å². The van der Waals surface area contributed by atoms with Gasteiger partial charge in [-0.3, -0.25) is 4.79 Å². The Bertz CT molecular complexity index is 353. The summed E-state index contributed by atoms with van der Waals surface area (Å²) >= 11 is 0. The van der Waals surface area contributed by atoms with Crippen LogP contribution in [0.1, 0.15) is 57.8 Å². The first kappa shape index (κ1) is 13.1. The molecule has 0 atom stereocenters. The summed E-state index contributed by atoms with van der Waals surface area (Å²) in [5.41, 5.74) is 0.0403. The fourth-order valence-electron chi connectivity index (χ4n) is 5.46. The highest BCUT2D eigenvalue weighted by atomic mass is 16.2. The van der Waals surface area contributed by atoms with Crippen LogP contribution in [0, 0.1) is 23.2 Å². The van der Waals surface area contributed by atoms with Crippen molar-refractivity contribution < 1.29 is 4.79 Å². The predicted octanol–water partition coefficient (Wildman–Crippen LogP) is 2.46. The highest BCUT2D eigenvalue weighted by molar-refractivity contribution is 5.83. The summed E-state index contributed by atoms with van der Waals surface area (Å²) in [4.78, 5) is 12.7. The SMILES string of the molecule is O=C(NCCCNC1CC1)C12CC3CC(CC(C3)C1)C2. The number of rotatable bonds is 6. The molecule has 0 aromatic heterocycles. The van der Waals surface area contributed by atoms with Crippen LogP contribution in [0.2, 0.25) is 0 Å². The highest BCUT2D eigenvalue weighted by Crippen LogP contribution is 2.60. The fraction of sp³-hybridized carbons (Fsp3) is 0.941. The van der Waals surface area contributed by atoms with Crippen LogP contribution in [0.25, 0.3) is 0 Å². The van der Waals surface area contributed by atoms with Crippen LogP contribution < -0.4 is 10.6 Å². The van der Waals surface area contributed by atoms with Gasteiger partial charge in [0, 0.05) is 18.0 Å². The molecule has 5 fully saturated rings. The number of amides is 1. The lowest BCUT2D eigenvalue weighted by Crippen LogP contribution is -2.53. The minimum atomic E-state index is 0.0403. The summed E-state index contributed by atoms with van der Waals surface area (Å²) in [5, 5.41) is 6.77. The molecule has 5 aliphatic rings. The van der Waals surface area contributed by atoms with E-state index in [2.05, 4.69) is 10.6 Å². The van der Waals surface area contributed by atoms with Crippen LogP contribution >= 0.6 is 0 Å². The molecule has 20 heavy (non-hydrogen) atoms. The number of carbonyl (C=O) groups is 1. The Kier molecular flexibility index (Phi) is 3.29. The predicted molar refractivity (Wildman–Crippen MR) is 79.3 cm³/mol. The van der Waals surface area contributed by atoms with Crippen molar-refractivity contribution in [2.24, 2.45) is 23.2 Å². The van der Waals surface area contributed by atoms with Crippen LogP contribution in [0.4, 0.5) is 0 Å². The number of hydrogen-bond donors (Lipinski definition) is 2. The van der Waals surface area contributed by atoms with Gasteiger partial charge in [-0.1, -0.05) is 0 Å². The molecule has 3 nitrogen and oxygen atoms in total. The molecule has 5 rings (SSSR count). The zero-order chi connectivity index (χ0) is 13.6. The molecule has 0 aromatic rings. The summed E-state index contributed by atoms with van der Waals surface area (Å²) in [6, 6.07) is 0.786. The molecular weight excluding hydrogens is 248 g/mol. The topological polar surface area (TPSA) is 41.1 Å². The van der Waals surface area contributed by atoms with Gasteiger partial charge in [-0.25, -0.2) is 0 Å². The Morgan fingerprint density at radius 2 is 1.55 bits per heavy atom. The average molecular weight is 276 g/mol. The first-order chi connectivity index (χ1) is 9.73. The highest BCUT2D eigenvalue weighted by Gasteiger charge is 2.54. The van der Waals surface area contributed by atoms with Crippen molar-refractivity contribution in [3.63, 3.8) is 0 Å². The van der Waals surface area contributed by atoms with Gasteiger partial charge in [0.1, 0.15) is 0 Å². The molecule has 0 heterocycles. The lowest BCUT2D eigenvalue weighted by atomic mass is 9.49. The molecule has 0 aromatic carbocycles. The van der Waals surface area contributed by atoms with E-state index in [0.717, 1.165) is 43.3 Å². The van der Waals surface area contributed by atoms with Crippen molar-refractivity contribution in [2.75, 3.05) is 13.1 Å². The monoisotopic (exact) mass is 276 g/mol. The number of carbonyl (C=O) groups excluding carboxylic acids is 1. The van der Waals surface area contributed by atoms with Gasteiger partial charge in [0.15, 0.2) is 0 Å². The van der Waals surface area contributed by atoms with E-state index in [1.807, 2.05) is 0 Å². The summed E-state index contributed by atoms with van der Waals surface area (Å²) in [7, 11) is 0. The molecule has 4 bridgehead atoms. The minimum Gasteiger partial charge on any atom is -0.356 e. The maximum atomic E-state index is 12.7. The third-order valence-electron chi connectivity index (χ3n) is 6.17. The van der Waals surface area contributed by atoms with Gasteiger partial charge >= 0.3 is 0 Å². The van der Waals surface area contributed by atoms with Crippen LogP contribution in [0.5, 0.6) is 0 Å². The Hall–Kier alpha value is -0.570. The molecule has 0 unspecified atom stereocenters. The summed E-state index contributed by atoms with van der Waals surface area (Å²) in [6.07, 6.45) is 11.6. The van der Waals surface area contributed by atoms with Gasteiger partial charge in [-0.2, -0.15) is 0 Å². The molecule has 0 aliphatic heterocycles. The Labute approximate surface area is 122 Å². The smallest absolute Gasteiger partial charge is 0.226 e. The molecule has 3 heteroatoms. The Balaban J connectivity index is 1.27. The van der Waals surface area contributed by atoms with Crippen molar-refractivity contribution in [3.05, 3.63) is 0 Å². The van der Waals surface area contributed by atoms with Gasteiger partial charge in [0.25, 0.3) is 0 Å². The number of hydrogen-bond acceptors (Lipinski definition) is 2.